The van der Waals surface area contributed by atoms with Crippen molar-refractivity contribution >= 4 is 17.1 Å². The molecule has 17 heavy (non-hydrogen) atoms. The summed E-state index contributed by atoms with van der Waals surface area (Å²) in [4.78, 5) is 4.34. The zero-order valence-corrected chi connectivity index (χ0v) is 9.75. The van der Waals surface area contributed by atoms with Crippen molar-refractivity contribution in [3.05, 3.63) is 67.0 Å². The molecule has 2 nitrogen and oxygen atoms in total. The minimum absolute atomic E-state index is 1.18. The van der Waals surface area contributed by atoms with Crippen LogP contribution in [-0.2, 0) is 0 Å². The van der Waals surface area contributed by atoms with Crippen LogP contribution in [0.15, 0.2) is 67.0 Å². The fourth-order valence-corrected chi connectivity index (χ4v) is 2.11. The van der Waals surface area contributed by atoms with Gasteiger partial charge >= 0.3 is 0 Å². The van der Waals surface area contributed by atoms with Crippen molar-refractivity contribution in [1.29, 1.82) is 0 Å². The minimum atomic E-state index is 1.18. The highest BCUT2D eigenvalue weighted by molar-refractivity contribution is 5.81. The molecule has 2 aromatic carbocycles. The van der Waals surface area contributed by atoms with E-state index in [1.54, 1.807) is 0 Å². The lowest BCUT2D eigenvalue weighted by Gasteiger charge is -2.31. The lowest BCUT2D eigenvalue weighted by atomic mass is 10.2. The molecule has 0 atom stereocenters. The average Bonchev–Trinajstić information content (AvgIpc) is 2.41. The lowest BCUT2D eigenvalue weighted by Crippen LogP contribution is -2.21. The van der Waals surface area contributed by atoms with Crippen molar-refractivity contribution in [3.63, 3.8) is 0 Å². The number of hydrogen-bond donors (Lipinski definition) is 0. The van der Waals surface area contributed by atoms with Gasteiger partial charge in [-0.15, -0.1) is 0 Å². The number of anilines is 3. The molecule has 0 aromatic heterocycles. The molecule has 0 saturated carbocycles. The Hall–Kier alpha value is -2.22. The van der Waals surface area contributed by atoms with E-state index >= 15 is 0 Å². The van der Waals surface area contributed by atoms with E-state index in [0.29, 0.717) is 0 Å². The second-order valence-electron chi connectivity index (χ2n) is 4.10. The summed E-state index contributed by atoms with van der Waals surface area (Å²) >= 11 is 0. The van der Waals surface area contributed by atoms with E-state index in [1.807, 2.05) is 6.07 Å². The molecule has 0 aliphatic carbocycles. The summed E-state index contributed by atoms with van der Waals surface area (Å²) in [7, 11) is 2.07. The molecule has 0 spiro atoms. The molecule has 0 N–H and O–H groups in total. The van der Waals surface area contributed by atoms with E-state index in [-0.39, 0.29) is 0 Å². The number of rotatable bonds is 1. The van der Waals surface area contributed by atoms with Gasteiger partial charge in [0.15, 0.2) is 0 Å². The van der Waals surface area contributed by atoms with Gasteiger partial charge in [-0.25, -0.2) is 0 Å². The van der Waals surface area contributed by atoms with Gasteiger partial charge < -0.3 is 9.80 Å². The number of benzene rings is 2. The average molecular weight is 222 g/mol. The highest BCUT2D eigenvalue weighted by Crippen LogP contribution is 2.36. The first-order valence-electron chi connectivity index (χ1n) is 5.71. The molecule has 1 aliphatic rings. The highest BCUT2D eigenvalue weighted by atomic mass is 15.2. The summed E-state index contributed by atoms with van der Waals surface area (Å²) in [6, 6.07) is 18.8. The maximum absolute atomic E-state index is 2.20. The predicted octanol–water partition coefficient (Wildman–Crippen LogP) is 3.75. The predicted molar refractivity (Wildman–Crippen MR) is 72.6 cm³/mol. The summed E-state index contributed by atoms with van der Waals surface area (Å²) in [6.45, 7) is 0. The summed E-state index contributed by atoms with van der Waals surface area (Å²) in [5.74, 6) is 0. The maximum Gasteiger partial charge on any atom is 0.0693 e. The minimum Gasteiger partial charge on any atom is -0.348 e. The van der Waals surface area contributed by atoms with E-state index in [1.165, 1.54) is 17.1 Å². The highest BCUT2D eigenvalue weighted by Gasteiger charge is 2.16. The molecule has 0 saturated heterocycles. The first-order valence-corrected chi connectivity index (χ1v) is 5.71. The van der Waals surface area contributed by atoms with E-state index in [4.69, 9.17) is 0 Å². The first kappa shape index (κ1) is 9.97. The molecule has 0 fully saturated rings. The summed E-state index contributed by atoms with van der Waals surface area (Å²) in [5, 5.41) is 0. The Bertz CT molecular complexity index is 546. The SMILES string of the molecule is CN1C=CN(c2ccccc2)c2ccccc21. The van der Waals surface area contributed by atoms with Gasteiger partial charge in [-0.3, -0.25) is 0 Å². The summed E-state index contributed by atoms with van der Waals surface area (Å²) in [6.07, 6.45) is 4.17. The Morgan fingerprint density at radius 3 is 2.12 bits per heavy atom. The van der Waals surface area contributed by atoms with Crippen LogP contribution < -0.4 is 9.80 Å². The fourth-order valence-electron chi connectivity index (χ4n) is 2.11. The third-order valence-corrected chi connectivity index (χ3v) is 2.99. The van der Waals surface area contributed by atoms with Gasteiger partial charge in [0.25, 0.3) is 0 Å². The third kappa shape index (κ3) is 1.68. The van der Waals surface area contributed by atoms with Crippen LogP contribution in [0.3, 0.4) is 0 Å². The normalized spacial score (nSPS) is 13.7. The molecule has 1 heterocycles. The van der Waals surface area contributed by atoms with E-state index in [0.717, 1.165) is 0 Å². The number of fused-ring (bicyclic) bond motifs is 1. The van der Waals surface area contributed by atoms with Crippen LogP contribution in [0.25, 0.3) is 0 Å². The van der Waals surface area contributed by atoms with E-state index in [2.05, 4.69) is 77.8 Å². The molecule has 0 bridgehead atoms. The van der Waals surface area contributed by atoms with Crippen LogP contribution in [0, 0.1) is 0 Å². The molecule has 2 aromatic rings. The van der Waals surface area contributed by atoms with Gasteiger partial charge in [-0.05, 0) is 24.3 Å². The molecular weight excluding hydrogens is 208 g/mol. The lowest BCUT2D eigenvalue weighted by molar-refractivity contribution is 1.12. The fraction of sp³-hybridized carbons (Fsp3) is 0.0667. The van der Waals surface area contributed by atoms with Gasteiger partial charge in [0, 0.05) is 25.1 Å². The molecular formula is C15H14N2. The van der Waals surface area contributed by atoms with E-state index in [9.17, 15) is 0 Å². The Labute approximate surface area is 101 Å². The summed E-state index contributed by atoms with van der Waals surface area (Å²) < 4.78 is 0. The number of hydrogen-bond acceptors (Lipinski definition) is 2. The number of para-hydroxylation sites is 3. The van der Waals surface area contributed by atoms with Crippen molar-refractivity contribution in [3.8, 4) is 0 Å². The second-order valence-corrected chi connectivity index (χ2v) is 4.10. The Morgan fingerprint density at radius 1 is 0.706 bits per heavy atom. The topological polar surface area (TPSA) is 6.48 Å². The maximum atomic E-state index is 2.20. The monoisotopic (exact) mass is 222 g/mol. The van der Waals surface area contributed by atoms with E-state index < -0.39 is 0 Å². The quantitative estimate of drug-likeness (QED) is 0.725. The Morgan fingerprint density at radius 2 is 1.35 bits per heavy atom. The molecule has 84 valence electrons. The smallest absolute Gasteiger partial charge is 0.0693 e. The largest absolute Gasteiger partial charge is 0.348 e. The molecule has 3 rings (SSSR count). The zero-order chi connectivity index (χ0) is 11.7. The first-order chi connectivity index (χ1) is 8.36. The van der Waals surface area contributed by atoms with Crippen LogP contribution in [0.4, 0.5) is 17.1 Å². The van der Waals surface area contributed by atoms with Crippen LogP contribution in [-0.4, -0.2) is 7.05 Å². The van der Waals surface area contributed by atoms with Crippen LogP contribution >= 0.6 is 0 Å². The molecule has 1 aliphatic heterocycles. The standard InChI is InChI=1S/C15H14N2/c1-16-11-12-17(13-7-3-2-4-8-13)15-10-6-5-9-14(15)16/h2-12H,1H3. The molecule has 0 amide bonds. The van der Waals surface area contributed by atoms with Crippen molar-refractivity contribution in [2.75, 3.05) is 16.8 Å². The molecule has 2 heteroatoms. The van der Waals surface area contributed by atoms with Crippen molar-refractivity contribution in [2.45, 2.75) is 0 Å². The van der Waals surface area contributed by atoms with Gasteiger partial charge in [-0.1, -0.05) is 30.3 Å². The zero-order valence-electron chi connectivity index (χ0n) is 9.75. The van der Waals surface area contributed by atoms with Crippen LogP contribution in [0.1, 0.15) is 0 Å². The van der Waals surface area contributed by atoms with Gasteiger partial charge in [0.05, 0.1) is 11.4 Å². The molecule has 0 unspecified atom stereocenters. The van der Waals surface area contributed by atoms with Crippen LogP contribution in [0.2, 0.25) is 0 Å². The van der Waals surface area contributed by atoms with Crippen molar-refractivity contribution in [2.24, 2.45) is 0 Å². The molecule has 0 radical (unpaired) electrons. The van der Waals surface area contributed by atoms with Gasteiger partial charge in [0.2, 0.25) is 0 Å². The van der Waals surface area contributed by atoms with Gasteiger partial charge in [-0.2, -0.15) is 0 Å². The van der Waals surface area contributed by atoms with Crippen molar-refractivity contribution in [1.82, 2.24) is 0 Å². The van der Waals surface area contributed by atoms with Crippen LogP contribution in [0.5, 0.6) is 0 Å². The van der Waals surface area contributed by atoms with Crippen molar-refractivity contribution < 1.29 is 0 Å². The summed E-state index contributed by atoms with van der Waals surface area (Å²) in [5.41, 5.74) is 3.62. The Balaban J connectivity index is 2.11. The Kier molecular flexibility index (Phi) is 2.33. The number of nitrogens with zero attached hydrogens (tertiary/aromatic N) is 2. The third-order valence-electron chi connectivity index (χ3n) is 2.99. The van der Waals surface area contributed by atoms with Gasteiger partial charge in [0.1, 0.15) is 0 Å². The second kappa shape index (κ2) is 3.98.